The van der Waals surface area contributed by atoms with Gasteiger partial charge in [0, 0.05) is 19.8 Å². The van der Waals surface area contributed by atoms with Crippen LogP contribution in [-0.4, -0.2) is 26.8 Å². The number of nitrogens with two attached hydrogens (primary N) is 1. The Hall–Kier alpha value is -0.980. The van der Waals surface area contributed by atoms with Gasteiger partial charge in [0.25, 0.3) is 0 Å². The summed E-state index contributed by atoms with van der Waals surface area (Å²) in [7, 11) is -0.709. The molecule has 0 unspecified atom stereocenters. The Labute approximate surface area is 94.0 Å². The Morgan fingerprint density at radius 2 is 2.00 bits per heavy atom. The minimum absolute atomic E-state index is 0.269. The number of nitrogen functional groups attached to an aromatic ring is 1. The van der Waals surface area contributed by atoms with Crippen LogP contribution in [0.1, 0.15) is 0 Å². The molecule has 0 atom stereocenters. The van der Waals surface area contributed by atoms with E-state index in [0.29, 0.717) is 10.7 Å². The lowest BCUT2D eigenvalue weighted by Crippen LogP contribution is -2.29. The molecule has 0 radical (unpaired) electrons. The van der Waals surface area contributed by atoms with Gasteiger partial charge < -0.3 is 5.73 Å². The molecule has 5 nitrogen and oxygen atoms in total. The summed E-state index contributed by atoms with van der Waals surface area (Å²) in [6.45, 7) is 0. The summed E-state index contributed by atoms with van der Waals surface area (Å²) in [5.74, 6) is 0. The molecule has 1 aromatic rings. The molecule has 1 aromatic carbocycles. The summed E-state index contributed by atoms with van der Waals surface area (Å²) >= 11 is 5.81. The molecule has 0 amide bonds. The fraction of sp³-hybridized carbons (Fsp3) is 0.250. The first-order chi connectivity index (χ1) is 6.83. The summed E-state index contributed by atoms with van der Waals surface area (Å²) in [6.07, 6.45) is 0. The monoisotopic (exact) mass is 249 g/mol. The highest BCUT2D eigenvalue weighted by molar-refractivity contribution is 7.90. The van der Waals surface area contributed by atoms with Crippen molar-refractivity contribution in [2.75, 3.05) is 24.6 Å². The van der Waals surface area contributed by atoms with E-state index in [1.54, 1.807) is 6.07 Å². The quantitative estimate of drug-likeness (QED) is 0.789. The van der Waals surface area contributed by atoms with Gasteiger partial charge in [0.15, 0.2) is 0 Å². The highest BCUT2D eigenvalue weighted by atomic mass is 35.5. The normalized spacial score (nSPS) is 11.7. The van der Waals surface area contributed by atoms with Crippen LogP contribution in [0.3, 0.4) is 0 Å². The van der Waals surface area contributed by atoms with E-state index < -0.39 is 10.2 Å². The van der Waals surface area contributed by atoms with Gasteiger partial charge in [0.05, 0.1) is 10.7 Å². The number of benzene rings is 1. The van der Waals surface area contributed by atoms with Gasteiger partial charge in [-0.25, -0.2) is 0 Å². The Morgan fingerprint density at radius 3 is 2.53 bits per heavy atom. The van der Waals surface area contributed by atoms with Gasteiger partial charge in [-0.1, -0.05) is 11.6 Å². The second-order valence-corrected chi connectivity index (χ2v) is 5.42. The molecule has 0 saturated heterocycles. The molecule has 0 aromatic heterocycles. The molecule has 15 heavy (non-hydrogen) atoms. The first kappa shape index (κ1) is 12.1. The molecule has 0 saturated carbocycles. The SMILES string of the molecule is CN(C)S(=O)(=O)Nc1cc(N)ccc1Cl. The number of rotatable bonds is 3. The number of nitrogens with zero attached hydrogens (tertiary/aromatic N) is 1. The van der Waals surface area contributed by atoms with Gasteiger partial charge in [0.2, 0.25) is 0 Å². The highest BCUT2D eigenvalue weighted by Gasteiger charge is 2.14. The lowest BCUT2D eigenvalue weighted by Gasteiger charge is -2.14. The molecule has 84 valence electrons. The largest absolute Gasteiger partial charge is 0.399 e. The van der Waals surface area contributed by atoms with Crippen molar-refractivity contribution in [3.8, 4) is 0 Å². The topological polar surface area (TPSA) is 75.4 Å². The zero-order valence-corrected chi connectivity index (χ0v) is 9.93. The smallest absolute Gasteiger partial charge is 0.301 e. The number of hydrogen-bond donors (Lipinski definition) is 2. The summed E-state index contributed by atoms with van der Waals surface area (Å²) < 4.78 is 26.3. The van der Waals surface area contributed by atoms with Crippen LogP contribution in [0.15, 0.2) is 18.2 Å². The predicted octanol–water partition coefficient (Wildman–Crippen LogP) is 1.14. The van der Waals surface area contributed by atoms with E-state index in [2.05, 4.69) is 4.72 Å². The van der Waals surface area contributed by atoms with Crippen LogP contribution in [0.25, 0.3) is 0 Å². The van der Waals surface area contributed by atoms with E-state index in [-0.39, 0.29) is 5.69 Å². The number of hydrogen-bond acceptors (Lipinski definition) is 3. The molecule has 0 aliphatic heterocycles. The van der Waals surface area contributed by atoms with E-state index in [9.17, 15) is 8.42 Å². The third-order valence-electron chi connectivity index (χ3n) is 1.71. The van der Waals surface area contributed by atoms with Gasteiger partial charge in [-0.2, -0.15) is 12.7 Å². The van der Waals surface area contributed by atoms with Crippen molar-refractivity contribution >= 4 is 33.2 Å². The van der Waals surface area contributed by atoms with Crippen molar-refractivity contribution in [2.24, 2.45) is 0 Å². The molecule has 0 bridgehead atoms. The van der Waals surface area contributed by atoms with E-state index in [1.165, 1.54) is 26.2 Å². The van der Waals surface area contributed by atoms with E-state index in [4.69, 9.17) is 17.3 Å². The Balaban J connectivity index is 3.05. The van der Waals surface area contributed by atoms with Crippen LogP contribution < -0.4 is 10.5 Å². The molecule has 0 aliphatic rings. The Morgan fingerprint density at radius 1 is 1.40 bits per heavy atom. The molecular formula is C8H12ClN3O2S. The van der Waals surface area contributed by atoms with E-state index in [1.807, 2.05) is 0 Å². The Kier molecular flexibility index (Phi) is 3.43. The maximum Gasteiger partial charge on any atom is 0.301 e. The average Bonchev–Trinajstić information content (AvgIpc) is 2.10. The summed E-state index contributed by atoms with van der Waals surface area (Å²) in [5, 5.41) is 0.301. The van der Waals surface area contributed by atoms with Crippen LogP contribution in [0.5, 0.6) is 0 Å². The summed E-state index contributed by atoms with van der Waals surface area (Å²) in [5.41, 5.74) is 6.22. The van der Waals surface area contributed by atoms with Crippen molar-refractivity contribution in [3.05, 3.63) is 23.2 Å². The highest BCUT2D eigenvalue weighted by Crippen LogP contribution is 2.25. The Bertz CT molecular complexity index is 459. The molecule has 0 aliphatic carbocycles. The molecule has 0 heterocycles. The zero-order valence-electron chi connectivity index (χ0n) is 8.36. The van der Waals surface area contributed by atoms with Gasteiger partial charge in [-0.15, -0.1) is 0 Å². The molecule has 7 heteroatoms. The second-order valence-electron chi connectivity index (χ2n) is 3.13. The lowest BCUT2D eigenvalue weighted by molar-refractivity contribution is 0.527. The number of nitrogens with one attached hydrogen (secondary N) is 1. The first-order valence-corrected chi connectivity index (χ1v) is 5.90. The van der Waals surface area contributed by atoms with Gasteiger partial charge in [-0.05, 0) is 18.2 Å². The van der Waals surface area contributed by atoms with Crippen molar-refractivity contribution in [1.29, 1.82) is 0 Å². The first-order valence-electron chi connectivity index (χ1n) is 4.08. The maximum absolute atomic E-state index is 11.5. The van der Waals surface area contributed by atoms with Crippen LogP contribution >= 0.6 is 11.6 Å². The molecule has 0 spiro atoms. The van der Waals surface area contributed by atoms with Crippen molar-refractivity contribution in [3.63, 3.8) is 0 Å². The molecule has 0 fully saturated rings. The molecular weight excluding hydrogens is 238 g/mol. The van der Waals surface area contributed by atoms with Crippen molar-refractivity contribution in [1.82, 2.24) is 4.31 Å². The van der Waals surface area contributed by atoms with Crippen LogP contribution in [0.2, 0.25) is 5.02 Å². The number of halogens is 1. The fourth-order valence-electron chi connectivity index (χ4n) is 0.851. The maximum atomic E-state index is 11.5. The standard InChI is InChI=1S/C8H12ClN3O2S/c1-12(2)15(13,14)11-8-5-6(10)3-4-7(8)9/h3-5,11H,10H2,1-2H3. The van der Waals surface area contributed by atoms with Gasteiger partial charge >= 0.3 is 10.2 Å². The third kappa shape index (κ3) is 2.98. The predicted molar refractivity (Wildman–Crippen MR) is 62.1 cm³/mol. The van der Waals surface area contributed by atoms with Crippen molar-refractivity contribution in [2.45, 2.75) is 0 Å². The molecule has 1 rings (SSSR count). The van der Waals surface area contributed by atoms with Crippen LogP contribution in [-0.2, 0) is 10.2 Å². The molecule has 3 N–H and O–H groups in total. The van der Waals surface area contributed by atoms with Crippen LogP contribution in [0.4, 0.5) is 11.4 Å². The van der Waals surface area contributed by atoms with Gasteiger partial charge in [-0.3, -0.25) is 4.72 Å². The lowest BCUT2D eigenvalue weighted by atomic mass is 10.3. The minimum Gasteiger partial charge on any atom is -0.399 e. The second kappa shape index (κ2) is 4.26. The van der Waals surface area contributed by atoms with E-state index in [0.717, 1.165) is 4.31 Å². The van der Waals surface area contributed by atoms with Crippen molar-refractivity contribution < 1.29 is 8.42 Å². The van der Waals surface area contributed by atoms with Gasteiger partial charge in [0.1, 0.15) is 0 Å². The fourth-order valence-corrected chi connectivity index (χ4v) is 1.70. The summed E-state index contributed by atoms with van der Waals surface area (Å²) in [4.78, 5) is 0. The average molecular weight is 250 g/mol. The summed E-state index contributed by atoms with van der Waals surface area (Å²) in [6, 6.07) is 4.59. The zero-order chi connectivity index (χ0) is 11.6. The van der Waals surface area contributed by atoms with E-state index >= 15 is 0 Å². The van der Waals surface area contributed by atoms with Crippen LogP contribution in [0, 0.1) is 0 Å². The minimum atomic E-state index is -3.55. The third-order valence-corrected chi connectivity index (χ3v) is 3.48. The number of anilines is 2.